The number of aliphatic imine (C=N–C) groups is 1. The van der Waals surface area contributed by atoms with Crippen LogP contribution in [0.2, 0.25) is 0 Å². The smallest absolute Gasteiger partial charge is 0.336 e. The number of guanidine groups is 1. The molecule has 2 aromatic rings. The Balaban J connectivity index is 1.89. The maximum atomic E-state index is 13.7. The highest BCUT2D eigenvalue weighted by Gasteiger charge is 2.29. The molecule has 0 aromatic heterocycles. The third-order valence-corrected chi connectivity index (χ3v) is 7.15. The van der Waals surface area contributed by atoms with E-state index >= 15 is 0 Å². The number of aromatic hydroxyl groups is 1. The SMILES string of the molecule is CN=C(NC)NCCC[C@H](NC(=O)c1c(O)c(C)cc2c(-c3ccccc3C(=O)O)c3cc(C)c(=O)cc-3oc12)C(=O)O. The molecular formula is C31H32N4O8. The number of phenolic OH excluding ortho intramolecular Hbond substituents is 1. The molecule has 43 heavy (non-hydrogen) atoms. The first-order valence-corrected chi connectivity index (χ1v) is 13.5. The summed E-state index contributed by atoms with van der Waals surface area (Å²) in [4.78, 5) is 54.5. The standard InChI is InChI=1S/C31H32N4O8/c1-15-12-19-23(14-22(15)36)43-27-20(24(19)17-8-5-6-9-18(17)29(39)40)13-16(2)26(37)25(27)28(38)35-21(30(41)42)10-7-11-34-31(32-3)33-4/h5-6,8-9,12-14,21,37H,7,10-11H2,1-4H3,(H,35,38)(H,39,40)(H,41,42)(H2,32,33,34)/t21-/m0/s1. The second-order valence-corrected chi connectivity index (χ2v) is 9.99. The van der Waals surface area contributed by atoms with Crippen LogP contribution in [0.4, 0.5) is 0 Å². The fourth-order valence-corrected chi connectivity index (χ4v) is 4.95. The number of hydrogen-bond donors (Lipinski definition) is 6. The van der Waals surface area contributed by atoms with Crippen LogP contribution < -0.4 is 21.4 Å². The maximum Gasteiger partial charge on any atom is 0.336 e. The molecule has 224 valence electrons. The predicted molar refractivity (Wildman–Crippen MR) is 161 cm³/mol. The zero-order valence-corrected chi connectivity index (χ0v) is 24.1. The van der Waals surface area contributed by atoms with E-state index in [1.54, 1.807) is 58.3 Å². The van der Waals surface area contributed by atoms with Crippen molar-refractivity contribution >= 4 is 34.8 Å². The van der Waals surface area contributed by atoms with Crippen LogP contribution in [-0.2, 0) is 4.79 Å². The first-order chi connectivity index (χ1) is 20.5. The summed E-state index contributed by atoms with van der Waals surface area (Å²) >= 11 is 0. The van der Waals surface area contributed by atoms with Crippen LogP contribution in [0.1, 0.15) is 44.7 Å². The maximum absolute atomic E-state index is 13.7. The van der Waals surface area contributed by atoms with Crippen molar-refractivity contribution in [2.45, 2.75) is 32.7 Å². The number of nitrogens with one attached hydrogen (secondary N) is 3. The van der Waals surface area contributed by atoms with Crippen molar-refractivity contribution in [1.29, 1.82) is 0 Å². The van der Waals surface area contributed by atoms with E-state index in [2.05, 4.69) is 20.9 Å². The van der Waals surface area contributed by atoms with Crippen LogP contribution in [0.3, 0.4) is 0 Å². The number of aryl methyl sites for hydroxylation is 2. The van der Waals surface area contributed by atoms with E-state index in [1.807, 2.05) is 0 Å². The van der Waals surface area contributed by atoms with Crippen LogP contribution in [-0.4, -0.2) is 65.8 Å². The third-order valence-electron chi connectivity index (χ3n) is 7.15. The molecule has 0 spiro atoms. The number of aromatic carboxylic acids is 1. The minimum absolute atomic E-state index is 0.0222. The summed E-state index contributed by atoms with van der Waals surface area (Å²) in [5.41, 5.74) is 0.964. The van der Waals surface area contributed by atoms with Gasteiger partial charge in [-0.2, -0.15) is 0 Å². The van der Waals surface area contributed by atoms with Gasteiger partial charge in [-0.05, 0) is 61.6 Å². The van der Waals surface area contributed by atoms with Crippen molar-refractivity contribution in [2.24, 2.45) is 4.99 Å². The molecule has 1 aliphatic heterocycles. The number of carboxylic acids is 2. The number of benzene rings is 3. The summed E-state index contributed by atoms with van der Waals surface area (Å²) in [6.45, 7) is 3.57. The molecule has 1 atom stereocenters. The molecule has 1 heterocycles. The van der Waals surface area contributed by atoms with E-state index in [9.17, 15) is 34.5 Å². The minimum Gasteiger partial charge on any atom is -0.507 e. The zero-order valence-electron chi connectivity index (χ0n) is 24.1. The summed E-state index contributed by atoms with van der Waals surface area (Å²) in [7, 11) is 3.28. The normalized spacial score (nSPS) is 12.2. The molecule has 6 N–H and O–H groups in total. The van der Waals surface area contributed by atoms with Crippen LogP contribution in [0.25, 0.3) is 33.4 Å². The van der Waals surface area contributed by atoms with E-state index in [0.717, 1.165) is 0 Å². The fraction of sp³-hybridized carbons (Fsp3) is 0.258. The first-order valence-electron chi connectivity index (χ1n) is 13.5. The summed E-state index contributed by atoms with van der Waals surface area (Å²) < 4.78 is 6.08. The van der Waals surface area contributed by atoms with Gasteiger partial charge in [0.2, 0.25) is 0 Å². The Morgan fingerprint density at radius 1 is 1.02 bits per heavy atom. The van der Waals surface area contributed by atoms with Crippen molar-refractivity contribution in [3.63, 3.8) is 0 Å². The summed E-state index contributed by atoms with van der Waals surface area (Å²) in [6, 6.07) is 9.38. The first kappa shape index (κ1) is 30.6. The van der Waals surface area contributed by atoms with Crippen molar-refractivity contribution < 1.29 is 34.1 Å². The Morgan fingerprint density at radius 3 is 2.40 bits per heavy atom. The lowest BCUT2D eigenvalue weighted by Crippen LogP contribution is -2.42. The summed E-state index contributed by atoms with van der Waals surface area (Å²) in [5.74, 6) is -3.22. The minimum atomic E-state index is -1.30. The van der Waals surface area contributed by atoms with Gasteiger partial charge in [0, 0.05) is 43.2 Å². The van der Waals surface area contributed by atoms with Gasteiger partial charge in [0.25, 0.3) is 5.91 Å². The van der Waals surface area contributed by atoms with Crippen molar-refractivity contribution in [1.82, 2.24) is 16.0 Å². The molecule has 1 amide bonds. The van der Waals surface area contributed by atoms with Gasteiger partial charge in [-0.3, -0.25) is 14.6 Å². The summed E-state index contributed by atoms with van der Waals surface area (Å²) in [6.07, 6.45) is 0.435. The molecular weight excluding hydrogens is 556 g/mol. The van der Waals surface area contributed by atoms with E-state index in [4.69, 9.17) is 4.42 Å². The van der Waals surface area contributed by atoms with Gasteiger partial charge < -0.3 is 35.7 Å². The van der Waals surface area contributed by atoms with Crippen LogP contribution in [0.5, 0.6) is 5.75 Å². The van der Waals surface area contributed by atoms with Crippen LogP contribution >= 0.6 is 0 Å². The molecule has 0 fully saturated rings. The van der Waals surface area contributed by atoms with E-state index in [1.165, 1.54) is 12.1 Å². The molecule has 0 saturated heterocycles. The Morgan fingerprint density at radius 2 is 1.74 bits per heavy atom. The quantitative estimate of drug-likeness (QED) is 0.0732. The number of carboxylic acid groups (broad SMARTS) is 2. The molecule has 2 aromatic carbocycles. The highest BCUT2D eigenvalue weighted by Crippen LogP contribution is 2.44. The van der Waals surface area contributed by atoms with Gasteiger partial charge in [0.05, 0.1) is 5.56 Å². The molecule has 12 nitrogen and oxygen atoms in total. The van der Waals surface area contributed by atoms with Crippen molar-refractivity contribution in [3.8, 4) is 28.2 Å². The van der Waals surface area contributed by atoms with Gasteiger partial charge in [-0.1, -0.05) is 18.2 Å². The topological polar surface area (TPSA) is 191 Å². The number of amides is 1. The fourth-order valence-electron chi connectivity index (χ4n) is 4.95. The van der Waals surface area contributed by atoms with Crippen molar-refractivity contribution in [3.05, 3.63) is 74.9 Å². The van der Waals surface area contributed by atoms with Gasteiger partial charge in [-0.25, -0.2) is 9.59 Å². The summed E-state index contributed by atoms with van der Waals surface area (Å²) in [5, 5.41) is 39.5. The molecule has 0 bridgehead atoms. The lowest BCUT2D eigenvalue weighted by Gasteiger charge is -2.21. The number of fused-ring (bicyclic) bond motifs is 2. The lowest BCUT2D eigenvalue weighted by atomic mass is 9.88. The molecule has 0 radical (unpaired) electrons. The molecule has 1 aliphatic carbocycles. The van der Waals surface area contributed by atoms with Gasteiger partial charge in [-0.15, -0.1) is 0 Å². The van der Waals surface area contributed by atoms with E-state index in [-0.39, 0.29) is 39.9 Å². The van der Waals surface area contributed by atoms with Gasteiger partial charge in [0.15, 0.2) is 17.0 Å². The molecule has 0 saturated carbocycles. The Kier molecular flexibility index (Phi) is 8.98. The molecule has 4 rings (SSSR count). The lowest BCUT2D eigenvalue weighted by molar-refractivity contribution is -0.139. The highest BCUT2D eigenvalue weighted by molar-refractivity contribution is 6.15. The molecule has 2 aliphatic rings. The average molecular weight is 589 g/mol. The zero-order chi connectivity index (χ0) is 31.4. The largest absolute Gasteiger partial charge is 0.507 e. The average Bonchev–Trinajstić information content (AvgIpc) is 2.97. The second kappa shape index (κ2) is 12.6. The number of carbonyl (C=O) groups excluding carboxylic acids is 1. The predicted octanol–water partition coefficient (Wildman–Crippen LogP) is 3.34. The Labute approximate surface area is 246 Å². The van der Waals surface area contributed by atoms with Crippen LogP contribution in [0, 0.1) is 13.8 Å². The number of aliphatic carboxylic acids is 1. The van der Waals surface area contributed by atoms with E-state index < -0.39 is 29.6 Å². The highest BCUT2D eigenvalue weighted by atomic mass is 16.4. The Hall–Kier alpha value is -5.39. The van der Waals surface area contributed by atoms with E-state index in [0.29, 0.717) is 46.6 Å². The van der Waals surface area contributed by atoms with Crippen molar-refractivity contribution in [2.75, 3.05) is 20.6 Å². The van der Waals surface area contributed by atoms with Gasteiger partial charge >= 0.3 is 11.9 Å². The van der Waals surface area contributed by atoms with Crippen LogP contribution in [0.15, 0.2) is 56.7 Å². The molecule has 0 unspecified atom stereocenters. The number of rotatable bonds is 9. The van der Waals surface area contributed by atoms with Gasteiger partial charge in [0.1, 0.15) is 23.1 Å². The number of carbonyl (C=O) groups is 3. The Bertz CT molecular complexity index is 1790. The molecule has 12 heteroatoms. The second-order valence-electron chi connectivity index (χ2n) is 9.99. The number of hydrogen-bond acceptors (Lipinski definition) is 7. The third kappa shape index (κ3) is 6.13. The number of phenols is 1. The number of nitrogens with zero attached hydrogens (tertiary/aromatic N) is 1. The monoisotopic (exact) mass is 588 g/mol.